The quantitative estimate of drug-likeness (QED) is 0.800. The van der Waals surface area contributed by atoms with Crippen molar-refractivity contribution in [2.75, 3.05) is 0 Å². The van der Waals surface area contributed by atoms with Crippen LogP contribution in [0.5, 0.6) is 5.75 Å². The molecule has 1 heterocycles. The van der Waals surface area contributed by atoms with Gasteiger partial charge in [-0.2, -0.15) is 5.26 Å². The Morgan fingerprint density at radius 1 is 1.19 bits per heavy atom. The third-order valence-electron chi connectivity index (χ3n) is 5.57. The van der Waals surface area contributed by atoms with E-state index >= 15 is 0 Å². The number of halogens is 1. The normalized spacial score (nSPS) is 26.2. The predicted molar refractivity (Wildman–Crippen MR) is 104 cm³/mol. The molecule has 0 saturated heterocycles. The Hall–Kier alpha value is -2.39. The smallest absolute Gasteiger partial charge is 0.270 e. The zero-order valence-electron chi connectivity index (χ0n) is 14.8. The third kappa shape index (κ3) is 3.98. The molecular weight excluding hydrogens is 406 g/mol. The van der Waals surface area contributed by atoms with Crippen molar-refractivity contribution in [3.8, 4) is 11.8 Å². The van der Waals surface area contributed by atoms with Crippen molar-refractivity contribution in [3.05, 3.63) is 58.3 Å². The lowest BCUT2D eigenvalue weighted by molar-refractivity contribution is 0.0930. The maximum absolute atomic E-state index is 12.3. The first kappa shape index (κ1) is 18.0. The van der Waals surface area contributed by atoms with Crippen LogP contribution in [0.4, 0.5) is 0 Å². The molecule has 6 heteroatoms. The van der Waals surface area contributed by atoms with Crippen LogP contribution in [0, 0.1) is 23.2 Å². The van der Waals surface area contributed by atoms with E-state index in [0.29, 0.717) is 23.1 Å². The Morgan fingerprint density at radius 2 is 1.96 bits per heavy atom. The van der Waals surface area contributed by atoms with Gasteiger partial charge in [0.2, 0.25) is 0 Å². The molecule has 1 aromatic heterocycles. The molecule has 0 spiro atoms. The summed E-state index contributed by atoms with van der Waals surface area (Å²) in [7, 11) is 0. The average molecular weight is 426 g/mol. The number of ether oxygens (including phenoxy) is 1. The van der Waals surface area contributed by atoms with Crippen molar-refractivity contribution in [3.63, 3.8) is 0 Å². The molecule has 138 valence electrons. The summed E-state index contributed by atoms with van der Waals surface area (Å²) in [5.41, 5.74) is 1.08. The highest BCUT2D eigenvalue weighted by Crippen LogP contribution is 2.45. The van der Waals surface area contributed by atoms with Gasteiger partial charge >= 0.3 is 0 Å². The van der Waals surface area contributed by atoms with E-state index in [1.54, 1.807) is 18.3 Å². The molecule has 2 fully saturated rings. The Kier molecular flexibility index (Phi) is 5.13. The van der Waals surface area contributed by atoms with E-state index in [2.05, 4.69) is 32.3 Å². The molecule has 2 aliphatic rings. The van der Waals surface area contributed by atoms with Crippen molar-refractivity contribution in [1.82, 2.24) is 10.3 Å². The summed E-state index contributed by atoms with van der Waals surface area (Å²) in [4.78, 5) is 16.4. The van der Waals surface area contributed by atoms with Crippen molar-refractivity contribution >= 4 is 21.8 Å². The van der Waals surface area contributed by atoms with Crippen LogP contribution < -0.4 is 10.1 Å². The number of nitrogens with one attached hydrogen (secondary N) is 1. The van der Waals surface area contributed by atoms with Crippen LogP contribution in [0.1, 0.15) is 41.7 Å². The van der Waals surface area contributed by atoms with Gasteiger partial charge in [0.25, 0.3) is 5.91 Å². The van der Waals surface area contributed by atoms with Gasteiger partial charge in [0.05, 0.1) is 11.7 Å². The van der Waals surface area contributed by atoms with Gasteiger partial charge in [-0.05, 0) is 83.8 Å². The maximum atomic E-state index is 12.3. The number of aromatic nitrogens is 1. The molecule has 1 aromatic carbocycles. The van der Waals surface area contributed by atoms with Crippen LogP contribution >= 0.6 is 15.9 Å². The zero-order valence-corrected chi connectivity index (χ0v) is 16.4. The largest absolute Gasteiger partial charge is 0.490 e. The van der Waals surface area contributed by atoms with Gasteiger partial charge in [0.15, 0.2) is 0 Å². The number of carbonyl (C=O) groups excluding carboxylic acids is 1. The monoisotopic (exact) mass is 425 g/mol. The topological polar surface area (TPSA) is 75.0 Å². The number of carbonyl (C=O) groups is 1. The summed E-state index contributed by atoms with van der Waals surface area (Å²) in [6, 6.07) is 13.2. The third-order valence-corrected chi connectivity index (χ3v) is 6.23. The highest BCUT2D eigenvalue weighted by molar-refractivity contribution is 9.10. The molecule has 2 saturated carbocycles. The maximum Gasteiger partial charge on any atom is 0.270 e. The molecule has 2 atom stereocenters. The summed E-state index contributed by atoms with van der Waals surface area (Å²) in [6.45, 7) is 0. The predicted octanol–water partition coefficient (Wildman–Crippen LogP) is 4.08. The molecule has 4 rings (SSSR count). The minimum Gasteiger partial charge on any atom is -0.490 e. The lowest BCUT2D eigenvalue weighted by Gasteiger charge is -2.18. The number of pyridine rings is 1. The number of rotatable bonds is 4. The zero-order chi connectivity index (χ0) is 18.8. The molecule has 0 radical (unpaired) electrons. The molecule has 0 bridgehead atoms. The van der Waals surface area contributed by atoms with Gasteiger partial charge in [0, 0.05) is 16.7 Å². The molecule has 2 aromatic rings. The fraction of sp³-hybridized carbons (Fsp3) is 0.381. The van der Waals surface area contributed by atoms with E-state index in [4.69, 9.17) is 10.00 Å². The number of hydrogen-bond donors (Lipinski definition) is 1. The fourth-order valence-electron chi connectivity index (χ4n) is 4.38. The van der Waals surface area contributed by atoms with Crippen molar-refractivity contribution in [1.29, 1.82) is 5.26 Å². The first-order valence-corrected chi connectivity index (χ1v) is 10.00. The van der Waals surface area contributed by atoms with Gasteiger partial charge in [-0.15, -0.1) is 0 Å². The summed E-state index contributed by atoms with van der Waals surface area (Å²) < 4.78 is 6.90. The second kappa shape index (κ2) is 7.69. The number of benzene rings is 1. The number of nitrogens with zero attached hydrogens (tertiary/aromatic N) is 2. The Balaban J connectivity index is 1.30. The number of hydrogen-bond acceptors (Lipinski definition) is 4. The summed E-state index contributed by atoms with van der Waals surface area (Å²) >= 11 is 3.41. The highest BCUT2D eigenvalue weighted by atomic mass is 79.9. The first-order chi connectivity index (χ1) is 13.1. The Morgan fingerprint density at radius 3 is 2.59 bits per heavy atom. The van der Waals surface area contributed by atoms with Crippen LogP contribution in [0.15, 0.2) is 47.1 Å². The van der Waals surface area contributed by atoms with E-state index in [-0.39, 0.29) is 18.1 Å². The van der Waals surface area contributed by atoms with Crippen LogP contribution in [0.2, 0.25) is 0 Å². The molecular formula is C21H20BrN3O2. The van der Waals surface area contributed by atoms with Gasteiger partial charge in [-0.1, -0.05) is 6.07 Å². The van der Waals surface area contributed by atoms with Gasteiger partial charge in [0.1, 0.15) is 17.5 Å². The first-order valence-electron chi connectivity index (χ1n) is 9.20. The molecule has 5 nitrogen and oxygen atoms in total. The fourth-order valence-corrected chi connectivity index (χ4v) is 4.83. The van der Waals surface area contributed by atoms with Crippen molar-refractivity contribution in [2.24, 2.45) is 11.8 Å². The second-order valence-electron chi connectivity index (χ2n) is 7.34. The van der Waals surface area contributed by atoms with Gasteiger partial charge in [-0.3, -0.25) is 9.78 Å². The van der Waals surface area contributed by atoms with E-state index in [9.17, 15) is 4.79 Å². The van der Waals surface area contributed by atoms with E-state index in [0.717, 1.165) is 35.9 Å². The number of fused-ring (bicyclic) bond motifs is 1. The minimum absolute atomic E-state index is 0.0872. The molecule has 0 aliphatic heterocycles. The van der Waals surface area contributed by atoms with Crippen LogP contribution in [-0.4, -0.2) is 23.0 Å². The lowest BCUT2D eigenvalue weighted by atomic mass is 10.0. The molecule has 2 aliphatic carbocycles. The molecule has 1 amide bonds. The summed E-state index contributed by atoms with van der Waals surface area (Å²) in [5.74, 6) is 1.89. The summed E-state index contributed by atoms with van der Waals surface area (Å²) in [6.07, 6.45) is 5.87. The Bertz CT molecular complexity index is 867. The van der Waals surface area contributed by atoms with E-state index in [1.807, 2.05) is 24.3 Å². The number of nitriles is 1. The van der Waals surface area contributed by atoms with Crippen molar-refractivity contribution < 1.29 is 9.53 Å². The average Bonchev–Trinajstić information content (AvgIpc) is 3.20. The molecule has 2 unspecified atom stereocenters. The van der Waals surface area contributed by atoms with Crippen LogP contribution in [0.3, 0.4) is 0 Å². The second-order valence-corrected chi connectivity index (χ2v) is 8.20. The van der Waals surface area contributed by atoms with E-state index < -0.39 is 0 Å². The standard InChI is InChI=1S/C21H20BrN3O2/c22-19-11-17(5-4-13(19)12-23)27-18-9-14-7-16(8-15(14)10-18)25-21(26)20-3-1-2-6-24-20/h1-6,11,14-16,18H,7-10H2,(H,25,26). The van der Waals surface area contributed by atoms with Crippen LogP contribution in [-0.2, 0) is 0 Å². The van der Waals surface area contributed by atoms with Crippen molar-refractivity contribution in [2.45, 2.75) is 37.8 Å². The molecule has 1 N–H and O–H groups in total. The van der Waals surface area contributed by atoms with Crippen LogP contribution in [0.25, 0.3) is 0 Å². The number of amides is 1. The SMILES string of the molecule is N#Cc1ccc(OC2CC3CC(NC(=O)c4ccccn4)CC3C2)cc1Br. The lowest BCUT2D eigenvalue weighted by Crippen LogP contribution is -2.34. The minimum atomic E-state index is -0.0872. The summed E-state index contributed by atoms with van der Waals surface area (Å²) in [5, 5.41) is 12.1. The Labute approximate surface area is 166 Å². The van der Waals surface area contributed by atoms with Gasteiger partial charge < -0.3 is 10.1 Å². The van der Waals surface area contributed by atoms with E-state index in [1.165, 1.54) is 0 Å². The molecule has 27 heavy (non-hydrogen) atoms. The van der Waals surface area contributed by atoms with Gasteiger partial charge in [-0.25, -0.2) is 0 Å². The highest BCUT2D eigenvalue weighted by Gasteiger charge is 2.43.